The molecule has 0 atom stereocenters. The van der Waals surface area contributed by atoms with Gasteiger partial charge in [0.1, 0.15) is 11.2 Å². The molecule has 55 heavy (non-hydrogen) atoms. The van der Waals surface area contributed by atoms with Gasteiger partial charge in [-0.3, -0.25) is 0 Å². The fraction of sp³-hybridized carbons (Fsp3) is 0. The van der Waals surface area contributed by atoms with Crippen LogP contribution in [0.4, 0.5) is 17.1 Å². The summed E-state index contributed by atoms with van der Waals surface area (Å²) in [4.78, 5) is 2.47. The van der Waals surface area contributed by atoms with Crippen molar-refractivity contribution < 1.29 is 4.42 Å². The summed E-state index contributed by atoms with van der Waals surface area (Å²) in [7, 11) is 0. The molecule has 0 aliphatic rings. The molecule has 9 aromatic carbocycles. The van der Waals surface area contributed by atoms with E-state index in [0.717, 1.165) is 61.3 Å². The highest BCUT2D eigenvalue weighted by molar-refractivity contribution is 7.25. The third-order valence-corrected chi connectivity index (χ3v) is 12.0. The first-order valence-electron chi connectivity index (χ1n) is 18.7. The Hall–Kier alpha value is -6.94. The Kier molecular flexibility index (Phi) is 7.39. The maximum absolute atomic E-state index is 6.43. The van der Waals surface area contributed by atoms with E-state index in [4.69, 9.17) is 4.42 Å². The Bertz CT molecular complexity index is 3220. The minimum Gasteiger partial charge on any atom is -0.456 e. The van der Waals surface area contributed by atoms with Crippen LogP contribution in [0.25, 0.3) is 86.3 Å². The van der Waals surface area contributed by atoms with Crippen LogP contribution in [0, 0.1) is 0 Å². The van der Waals surface area contributed by atoms with Gasteiger partial charge >= 0.3 is 0 Å². The molecule has 2 aromatic heterocycles. The zero-order valence-corrected chi connectivity index (χ0v) is 30.6. The second-order valence-corrected chi connectivity index (χ2v) is 15.1. The summed E-state index contributed by atoms with van der Waals surface area (Å²) in [5.74, 6) is 0. The molecule has 0 N–H and O–H groups in total. The molecule has 258 valence electrons. The number of benzene rings is 9. The second kappa shape index (κ2) is 12.9. The molecule has 0 aliphatic carbocycles. The van der Waals surface area contributed by atoms with Crippen molar-refractivity contribution in [2.75, 3.05) is 4.90 Å². The van der Waals surface area contributed by atoms with E-state index in [0.29, 0.717) is 0 Å². The van der Waals surface area contributed by atoms with Crippen molar-refractivity contribution in [2.45, 2.75) is 0 Å². The van der Waals surface area contributed by atoms with Crippen molar-refractivity contribution in [2.24, 2.45) is 0 Å². The average Bonchev–Trinajstić information content (AvgIpc) is 3.82. The van der Waals surface area contributed by atoms with Gasteiger partial charge in [-0.2, -0.15) is 0 Å². The summed E-state index contributed by atoms with van der Waals surface area (Å²) in [5.41, 5.74) is 12.0. The molecule has 0 fully saturated rings. The van der Waals surface area contributed by atoms with E-state index in [1.54, 1.807) is 0 Å². The van der Waals surface area contributed by atoms with Crippen molar-refractivity contribution in [3.05, 3.63) is 200 Å². The van der Waals surface area contributed by atoms with Crippen LogP contribution in [0.15, 0.2) is 205 Å². The highest BCUT2D eigenvalue weighted by Gasteiger charge is 2.23. The molecule has 0 saturated heterocycles. The number of furan rings is 1. The third kappa shape index (κ3) is 5.32. The van der Waals surface area contributed by atoms with Gasteiger partial charge in [0.15, 0.2) is 0 Å². The van der Waals surface area contributed by atoms with Crippen molar-refractivity contribution in [3.63, 3.8) is 0 Å². The minimum atomic E-state index is 0.884. The normalized spacial score (nSPS) is 11.6. The van der Waals surface area contributed by atoms with Crippen molar-refractivity contribution >= 4 is 81.3 Å². The fourth-order valence-corrected chi connectivity index (χ4v) is 9.43. The zero-order chi connectivity index (χ0) is 36.3. The van der Waals surface area contributed by atoms with E-state index in [9.17, 15) is 0 Å². The van der Waals surface area contributed by atoms with E-state index >= 15 is 0 Å². The van der Waals surface area contributed by atoms with E-state index in [1.807, 2.05) is 23.5 Å². The Morgan fingerprint density at radius 3 is 1.91 bits per heavy atom. The van der Waals surface area contributed by atoms with Gasteiger partial charge in [0.2, 0.25) is 0 Å². The van der Waals surface area contributed by atoms with Crippen LogP contribution < -0.4 is 4.90 Å². The number of fused-ring (bicyclic) bond motifs is 7. The molecule has 2 heterocycles. The predicted octanol–water partition coefficient (Wildman–Crippen LogP) is 15.6. The molecule has 0 bridgehead atoms. The molecule has 3 heteroatoms. The first kappa shape index (κ1) is 31.6. The lowest BCUT2D eigenvalue weighted by atomic mass is 9.93. The first-order chi connectivity index (χ1) is 27.3. The average molecular weight is 720 g/mol. The van der Waals surface area contributed by atoms with E-state index < -0.39 is 0 Å². The van der Waals surface area contributed by atoms with Gasteiger partial charge in [-0.15, -0.1) is 11.3 Å². The summed E-state index contributed by atoms with van der Waals surface area (Å²) in [6, 6.07) is 72.4. The molecule has 0 unspecified atom stereocenters. The molecule has 0 saturated carbocycles. The van der Waals surface area contributed by atoms with Gasteiger partial charge in [-0.25, -0.2) is 0 Å². The van der Waals surface area contributed by atoms with Crippen molar-refractivity contribution in [1.29, 1.82) is 0 Å². The van der Waals surface area contributed by atoms with Gasteiger partial charge in [-0.1, -0.05) is 152 Å². The van der Waals surface area contributed by atoms with E-state index in [-0.39, 0.29) is 0 Å². The maximum atomic E-state index is 6.43. The minimum absolute atomic E-state index is 0.884. The Labute approximate surface area is 322 Å². The molecular formula is C52H33NOS. The summed E-state index contributed by atoms with van der Waals surface area (Å²) in [5, 5.41) is 7.29. The number of nitrogens with zero attached hydrogens (tertiary/aromatic N) is 1. The topological polar surface area (TPSA) is 16.4 Å². The Morgan fingerprint density at radius 1 is 0.345 bits per heavy atom. The summed E-state index contributed by atoms with van der Waals surface area (Å²) in [6.07, 6.45) is 0. The number of para-hydroxylation sites is 2. The highest BCUT2D eigenvalue weighted by Crippen LogP contribution is 2.48. The maximum Gasteiger partial charge on any atom is 0.136 e. The molecule has 0 spiro atoms. The molecule has 2 nitrogen and oxygen atoms in total. The van der Waals surface area contributed by atoms with E-state index in [1.165, 1.54) is 42.1 Å². The monoisotopic (exact) mass is 719 g/mol. The van der Waals surface area contributed by atoms with Crippen molar-refractivity contribution in [1.82, 2.24) is 0 Å². The lowest BCUT2D eigenvalue weighted by Gasteiger charge is -2.30. The summed E-state index contributed by atoms with van der Waals surface area (Å²) in [6.45, 7) is 0. The van der Waals surface area contributed by atoms with Crippen LogP contribution in [0.1, 0.15) is 0 Å². The lowest BCUT2D eigenvalue weighted by molar-refractivity contribution is 0.669. The second-order valence-electron chi connectivity index (χ2n) is 14.1. The van der Waals surface area contributed by atoms with Crippen molar-refractivity contribution in [3.8, 4) is 33.4 Å². The number of hydrogen-bond acceptors (Lipinski definition) is 3. The number of rotatable bonds is 6. The van der Waals surface area contributed by atoms with E-state index in [2.05, 4.69) is 193 Å². The predicted molar refractivity (Wildman–Crippen MR) is 235 cm³/mol. The molecule has 0 aliphatic heterocycles. The molecule has 0 amide bonds. The number of anilines is 3. The number of hydrogen-bond donors (Lipinski definition) is 0. The SMILES string of the molecule is c1ccc(-c2ccc(-c3cccc4ccccc34)cc2N(c2ccc3c(c2)sc2ccccc23)c2ccccc2-c2ccc3c(c2)oc2ccccc23)cc1. The number of thiophene rings is 1. The van der Waals surface area contributed by atoms with Gasteiger partial charge in [0.05, 0.1) is 11.4 Å². The molecule has 0 radical (unpaired) electrons. The lowest BCUT2D eigenvalue weighted by Crippen LogP contribution is -2.12. The molecular weight excluding hydrogens is 687 g/mol. The molecule has 11 rings (SSSR count). The summed E-state index contributed by atoms with van der Waals surface area (Å²) >= 11 is 1.85. The van der Waals surface area contributed by atoms with Gasteiger partial charge in [-0.05, 0) is 81.6 Å². The smallest absolute Gasteiger partial charge is 0.136 e. The van der Waals surface area contributed by atoms with Crippen LogP contribution in [0.3, 0.4) is 0 Å². The Morgan fingerprint density at radius 2 is 0.982 bits per heavy atom. The van der Waals surface area contributed by atoms with Gasteiger partial charge in [0.25, 0.3) is 0 Å². The van der Waals surface area contributed by atoms with Crippen LogP contribution in [-0.2, 0) is 0 Å². The quantitative estimate of drug-likeness (QED) is 0.170. The Balaban J connectivity index is 1.20. The van der Waals surface area contributed by atoms with Gasteiger partial charge in [0, 0.05) is 47.8 Å². The standard InChI is InChI=1S/C52H33NOS/c1-2-13-35(14-3-1)42-28-25-36(40-21-12-16-34-15-4-5-17-39(34)40)31-48(42)53(38-27-30-46-45-20-8-11-24-51(45)55-52(46)33-38)47-22-9-6-18-41(47)37-26-29-44-43-19-7-10-23-49(43)54-50(44)32-37/h1-33H. The van der Waals surface area contributed by atoms with Crippen LogP contribution in [0.2, 0.25) is 0 Å². The third-order valence-electron chi connectivity index (χ3n) is 10.9. The zero-order valence-electron chi connectivity index (χ0n) is 29.8. The highest BCUT2D eigenvalue weighted by atomic mass is 32.1. The van der Waals surface area contributed by atoms with Crippen LogP contribution in [0.5, 0.6) is 0 Å². The van der Waals surface area contributed by atoms with Crippen LogP contribution >= 0.6 is 11.3 Å². The van der Waals surface area contributed by atoms with Crippen LogP contribution in [-0.4, -0.2) is 0 Å². The largest absolute Gasteiger partial charge is 0.456 e. The first-order valence-corrected chi connectivity index (χ1v) is 19.5. The fourth-order valence-electron chi connectivity index (χ4n) is 8.29. The molecule has 11 aromatic rings. The van der Waals surface area contributed by atoms with Gasteiger partial charge < -0.3 is 9.32 Å². The summed E-state index contributed by atoms with van der Waals surface area (Å²) < 4.78 is 8.98.